The quantitative estimate of drug-likeness (QED) is 0.618. The number of hydrogen-bond donors (Lipinski definition) is 2. The van der Waals surface area contributed by atoms with Gasteiger partial charge in [0.1, 0.15) is 0 Å². The molecule has 4 heteroatoms. The Hall–Kier alpha value is -1.71. The average molecular weight is 274 g/mol. The third-order valence-corrected chi connectivity index (χ3v) is 4.51. The van der Waals surface area contributed by atoms with Crippen molar-refractivity contribution < 1.29 is 9.53 Å². The summed E-state index contributed by atoms with van der Waals surface area (Å²) in [5.41, 5.74) is 8.23. The molecule has 0 atom stereocenters. The standard InChI is InChI=1S/C16H22N2O2/c1-2-20-15(19)13-9-12(17)5-6-14(13)18-10-16(7-8-16)11-3-4-11/h5-6,9,11,18H,2-4,7-8,10,17H2,1H3. The van der Waals surface area contributed by atoms with E-state index in [1.54, 1.807) is 6.07 Å². The summed E-state index contributed by atoms with van der Waals surface area (Å²) in [5, 5.41) is 3.45. The minimum atomic E-state index is -0.307. The summed E-state index contributed by atoms with van der Waals surface area (Å²) >= 11 is 0. The molecule has 0 aliphatic heterocycles. The van der Waals surface area contributed by atoms with Gasteiger partial charge < -0.3 is 15.8 Å². The molecule has 3 rings (SSSR count). The predicted octanol–water partition coefficient (Wildman–Crippen LogP) is 3.05. The van der Waals surface area contributed by atoms with Gasteiger partial charge in [0.15, 0.2) is 0 Å². The van der Waals surface area contributed by atoms with Gasteiger partial charge in [-0.1, -0.05) is 0 Å². The summed E-state index contributed by atoms with van der Waals surface area (Å²) in [4.78, 5) is 12.0. The Morgan fingerprint density at radius 2 is 2.20 bits per heavy atom. The first-order valence-electron chi connectivity index (χ1n) is 7.45. The van der Waals surface area contributed by atoms with Crippen LogP contribution in [0.25, 0.3) is 0 Å². The maximum Gasteiger partial charge on any atom is 0.340 e. The van der Waals surface area contributed by atoms with Crippen LogP contribution in [0.3, 0.4) is 0 Å². The lowest BCUT2D eigenvalue weighted by Crippen LogP contribution is -2.19. The molecule has 0 spiro atoms. The number of nitrogens with two attached hydrogens (primary N) is 1. The van der Waals surface area contributed by atoms with Crippen LogP contribution in [-0.4, -0.2) is 19.1 Å². The zero-order chi connectivity index (χ0) is 14.2. The Kier molecular flexibility index (Phi) is 3.32. The van der Waals surface area contributed by atoms with Gasteiger partial charge in [-0.3, -0.25) is 0 Å². The van der Waals surface area contributed by atoms with E-state index in [1.165, 1.54) is 25.7 Å². The lowest BCUT2D eigenvalue weighted by atomic mass is 10.0. The van der Waals surface area contributed by atoms with Crippen LogP contribution in [0.5, 0.6) is 0 Å². The first-order chi connectivity index (χ1) is 9.64. The number of carbonyl (C=O) groups excluding carboxylic acids is 1. The number of nitrogens with one attached hydrogen (secondary N) is 1. The van der Waals surface area contributed by atoms with Crippen molar-refractivity contribution >= 4 is 17.3 Å². The van der Waals surface area contributed by atoms with Crippen molar-refractivity contribution in [1.82, 2.24) is 0 Å². The maximum atomic E-state index is 12.0. The van der Waals surface area contributed by atoms with Gasteiger partial charge in [0, 0.05) is 17.9 Å². The summed E-state index contributed by atoms with van der Waals surface area (Å²) in [6, 6.07) is 5.39. The topological polar surface area (TPSA) is 64.3 Å². The highest BCUT2D eigenvalue weighted by Crippen LogP contribution is 2.61. The zero-order valence-electron chi connectivity index (χ0n) is 11.9. The van der Waals surface area contributed by atoms with Crippen LogP contribution in [-0.2, 0) is 4.74 Å². The van der Waals surface area contributed by atoms with Gasteiger partial charge >= 0.3 is 5.97 Å². The van der Waals surface area contributed by atoms with Crippen LogP contribution in [0.4, 0.5) is 11.4 Å². The summed E-state index contributed by atoms with van der Waals surface area (Å²) < 4.78 is 5.10. The van der Waals surface area contributed by atoms with E-state index in [0.717, 1.165) is 18.2 Å². The highest BCUT2D eigenvalue weighted by Gasteiger charge is 2.53. The van der Waals surface area contributed by atoms with Gasteiger partial charge in [0.25, 0.3) is 0 Å². The fourth-order valence-electron chi connectivity index (χ4n) is 2.95. The van der Waals surface area contributed by atoms with Gasteiger partial charge in [-0.15, -0.1) is 0 Å². The number of carbonyl (C=O) groups is 1. The fraction of sp³-hybridized carbons (Fsp3) is 0.562. The molecule has 0 bridgehead atoms. The molecule has 0 saturated heterocycles. The molecule has 2 aliphatic carbocycles. The highest BCUT2D eigenvalue weighted by molar-refractivity contribution is 5.96. The van der Waals surface area contributed by atoms with Crippen molar-refractivity contribution in [2.24, 2.45) is 11.3 Å². The molecule has 1 aromatic carbocycles. The summed E-state index contributed by atoms with van der Waals surface area (Å²) in [6.45, 7) is 3.14. The van der Waals surface area contributed by atoms with Crippen molar-refractivity contribution in [3.8, 4) is 0 Å². The third-order valence-electron chi connectivity index (χ3n) is 4.51. The molecular weight excluding hydrogens is 252 g/mol. The van der Waals surface area contributed by atoms with Gasteiger partial charge in [-0.05, 0) is 62.1 Å². The summed E-state index contributed by atoms with van der Waals surface area (Å²) in [5.74, 6) is 0.591. The molecular formula is C16H22N2O2. The number of esters is 1. The van der Waals surface area contributed by atoms with Gasteiger partial charge in [-0.2, -0.15) is 0 Å². The van der Waals surface area contributed by atoms with Crippen molar-refractivity contribution in [2.45, 2.75) is 32.6 Å². The van der Waals surface area contributed by atoms with Crippen molar-refractivity contribution in [2.75, 3.05) is 24.2 Å². The van der Waals surface area contributed by atoms with Crippen molar-refractivity contribution in [3.05, 3.63) is 23.8 Å². The molecule has 2 saturated carbocycles. The van der Waals surface area contributed by atoms with Crippen LogP contribution >= 0.6 is 0 Å². The monoisotopic (exact) mass is 274 g/mol. The lowest BCUT2D eigenvalue weighted by Gasteiger charge is -2.18. The molecule has 1 aromatic rings. The number of rotatable bonds is 6. The molecule has 0 unspecified atom stereocenters. The molecule has 3 N–H and O–H groups in total. The van der Waals surface area contributed by atoms with E-state index in [9.17, 15) is 4.79 Å². The summed E-state index contributed by atoms with van der Waals surface area (Å²) in [7, 11) is 0. The van der Waals surface area contributed by atoms with Crippen LogP contribution in [0.2, 0.25) is 0 Å². The van der Waals surface area contributed by atoms with E-state index >= 15 is 0 Å². The van der Waals surface area contributed by atoms with Crippen molar-refractivity contribution in [1.29, 1.82) is 0 Å². The average Bonchev–Trinajstić information content (AvgIpc) is 3.29. The van der Waals surface area contributed by atoms with Crippen LogP contribution in [0, 0.1) is 11.3 Å². The molecule has 2 fully saturated rings. The van der Waals surface area contributed by atoms with E-state index in [4.69, 9.17) is 10.5 Å². The second-order valence-electron chi connectivity index (χ2n) is 6.02. The first kappa shape index (κ1) is 13.3. The second-order valence-corrected chi connectivity index (χ2v) is 6.02. The van der Waals surface area contributed by atoms with E-state index in [1.807, 2.05) is 19.1 Å². The molecule has 20 heavy (non-hydrogen) atoms. The van der Waals surface area contributed by atoms with Gasteiger partial charge in [0.05, 0.1) is 12.2 Å². The third kappa shape index (κ3) is 2.60. The molecule has 2 aliphatic rings. The molecule has 108 valence electrons. The lowest BCUT2D eigenvalue weighted by molar-refractivity contribution is 0.0527. The van der Waals surface area contributed by atoms with E-state index in [2.05, 4.69) is 5.32 Å². The minimum Gasteiger partial charge on any atom is -0.462 e. The SMILES string of the molecule is CCOC(=O)c1cc(N)ccc1NCC1(C2CC2)CC1. The molecule has 0 aromatic heterocycles. The molecule has 4 nitrogen and oxygen atoms in total. The number of benzene rings is 1. The predicted molar refractivity (Wildman–Crippen MR) is 79.7 cm³/mol. The smallest absolute Gasteiger partial charge is 0.340 e. The largest absolute Gasteiger partial charge is 0.462 e. The molecule has 0 radical (unpaired) electrons. The Bertz CT molecular complexity index is 519. The Morgan fingerprint density at radius 1 is 1.45 bits per heavy atom. The van der Waals surface area contributed by atoms with Crippen LogP contribution in [0.15, 0.2) is 18.2 Å². The van der Waals surface area contributed by atoms with Crippen LogP contribution in [0.1, 0.15) is 43.0 Å². The molecule has 0 heterocycles. The van der Waals surface area contributed by atoms with E-state index in [-0.39, 0.29) is 5.97 Å². The second kappa shape index (κ2) is 5.00. The Balaban J connectivity index is 1.73. The number of anilines is 2. The molecule has 0 amide bonds. The summed E-state index contributed by atoms with van der Waals surface area (Å²) in [6.07, 6.45) is 5.37. The van der Waals surface area contributed by atoms with E-state index < -0.39 is 0 Å². The Morgan fingerprint density at radius 3 is 2.80 bits per heavy atom. The number of nitrogen functional groups attached to an aromatic ring is 1. The van der Waals surface area contributed by atoms with Gasteiger partial charge in [0.2, 0.25) is 0 Å². The maximum absolute atomic E-state index is 12.0. The zero-order valence-corrected chi connectivity index (χ0v) is 11.9. The number of hydrogen-bond acceptors (Lipinski definition) is 4. The Labute approximate surface area is 119 Å². The van der Waals surface area contributed by atoms with E-state index in [0.29, 0.717) is 23.3 Å². The highest BCUT2D eigenvalue weighted by atomic mass is 16.5. The van der Waals surface area contributed by atoms with Crippen LogP contribution < -0.4 is 11.1 Å². The van der Waals surface area contributed by atoms with Crippen molar-refractivity contribution in [3.63, 3.8) is 0 Å². The normalized spacial score (nSPS) is 19.4. The number of ether oxygens (including phenoxy) is 1. The minimum absolute atomic E-state index is 0.307. The van der Waals surface area contributed by atoms with Gasteiger partial charge in [-0.25, -0.2) is 4.79 Å². The first-order valence-corrected chi connectivity index (χ1v) is 7.45. The fourth-order valence-corrected chi connectivity index (χ4v) is 2.95.